The van der Waals surface area contributed by atoms with Crippen LogP contribution in [-0.4, -0.2) is 11.1 Å². The summed E-state index contributed by atoms with van der Waals surface area (Å²) in [6.45, 7) is 6.72. The van der Waals surface area contributed by atoms with Crippen LogP contribution < -0.4 is 5.32 Å². The van der Waals surface area contributed by atoms with E-state index in [-0.39, 0.29) is 12.4 Å². The number of aliphatic hydroxyl groups excluding tert-OH is 1. The summed E-state index contributed by atoms with van der Waals surface area (Å²) in [4.78, 5) is 0. The summed E-state index contributed by atoms with van der Waals surface area (Å²) in [6.07, 6.45) is -0.434. The van der Waals surface area contributed by atoms with E-state index in [0.29, 0.717) is 6.04 Å². The van der Waals surface area contributed by atoms with Gasteiger partial charge in [0.05, 0.1) is 12.6 Å². The zero-order valence-electron chi connectivity index (χ0n) is 12.1. The standard InChI is InChI=1S/C16H21NO2.ClH/c1-11(2)17-10-15-8-9-16(19-15)14-6-4-13(5-7-14)12(3)18;/h4-9,11-12,17-18H,10H2,1-3H3;1H. The fourth-order valence-corrected chi connectivity index (χ4v) is 1.86. The predicted molar refractivity (Wildman–Crippen MR) is 84.0 cm³/mol. The minimum Gasteiger partial charge on any atom is -0.460 e. The van der Waals surface area contributed by atoms with Gasteiger partial charge in [0.25, 0.3) is 0 Å². The fraction of sp³-hybridized carbons (Fsp3) is 0.375. The lowest BCUT2D eigenvalue weighted by atomic mass is 10.1. The van der Waals surface area contributed by atoms with Crippen molar-refractivity contribution in [2.24, 2.45) is 0 Å². The molecule has 2 N–H and O–H groups in total. The van der Waals surface area contributed by atoms with Crippen LogP contribution in [0.25, 0.3) is 11.3 Å². The highest BCUT2D eigenvalue weighted by Crippen LogP contribution is 2.24. The molecule has 1 unspecified atom stereocenters. The minimum absolute atomic E-state index is 0. The van der Waals surface area contributed by atoms with Gasteiger partial charge in [-0.15, -0.1) is 12.4 Å². The highest BCUT2D eigenvalue weighted by molar-refractivity contribution is 5.85. The van der Waals surface area contributed by atoms with Gasteiger partial charge >= 0.3 is 0 Å². The average Bonchev–Trinajstić information content (AvgIpc) is 2.85. The van der Waals surface area contributed by atoms with E-state index in [1.54, 1.807) is 6.92 Å². The predicted octanol–water partition coefficient (Wildman–Crippen LogP) is 3.92. The fourth-order valence-electron chi connectivity index (χ4n) is 1.86. The van der Waals surface area contributed by atoms with Crippen molar-refractivity contribution < 1.29 is 9.52 Å². The molecule has 1 aromatic heterocycles. The maximum atomic E-state index is 9.48. The molecule has 0 saturated heterocycles. The Hall–Kier alpha value is -1.29. The van der Waals surface area contributed by atoms with Crippen LogP contribution in [0.1, 0.15) is 38.2 Å². The van der Waals surface area contributed by atoms with Crippen LogP contribution in [-0.2, 0) is 6.54 Å². The largest absolute Gasteiger partial charge is 0.460 e. The SMILES string of the molecule is CC(C)NCc1ccc(-c2ccc(C(C)O)cc2)o1.Cl. The molecule has 3 nitrogen and oxygen atoms in total. The number of aliphatic hydroxyl groups is 1. The molecule has 20 heavy (non-hydrogen) atoms. The Morgan fingerprint density at radius 2 is 1.70 bits per heavy atom. The first-order chi connectivity index (χ1) is 9.06. The molecule has 1 aromatic carbocycles. The normalized spacial score (nSPS) is 12.2. The van der Waals surface area contributed by atoms with Crippen LogP contribution in [0.2, 0.25) is 0 Å². The van der Waals surface area contributed by atoms with E-state index < -0.39 is 6.10 Å². The molecule has 0 aliphatic carbocycles. The average molecular weight is 296 g/mol. The van der Waals surface area contributed by atoms with E-state index in [1.807, 2.05) is 36.4 Å². The molecule has 0 radical (unpaired) electrons. The highest BCUT2D eigenvalue weighted by Gasteiger charge is 2.06. The number of benzene rings is 1. The first kappa shape index (κ1) is 16.8. The van der Waals surface area contributed by atoms with E-state index in [2.05, 4.69) is 19.2 Å². The van der Waals surface area contributed by atoms with Crippen molar-refractivity contribution >= 4 is 12.4 Å². The molecule has 0 aliphatic heterocycles. The Bertz CT molecular complexity index is 518. The van der Waals surface area contributed by atoms with Gasteiger partial charge in [0.1, 0.15) is 11.5 Å². The van der Waals surface area contributed by atoms with Gasteiger partial charge in [0.2, 0.25) is 0 Å². The minimum atomic E-state index is -0.434. The van der Waals surface area contributed by atoms with Gasteiger partial charge in [0.15, 0.2) is 0 Å². The number of rotatable bonds is 5. The summed E-state index contributed by atoms with van der Waals surface area (Å²) in [5.41, 5.74) is 1.94. The Morgan fingerprint density at radius 3 is 2.25 bits per heavy atom. The molecule has 0 aliphatic rings. The van der Waals surface area contributed by atoms with Crippen molar-refractivity contribution in [2.45, 2.75) is 39.5 Å². The second kappa shape index (κ2) is 7.48. The van der Waals surface area contributed by atoms with Crippen molar-refractivity contribution in [3.8, 4) is 11.3 Å². The van der Waals surface area contributed by atoms with E-state index in [1.165, 1.54) is 0 Å². The van der Waals surface area contributed by atoms with Crippen molar-refractivity contribution in [3.05, 3.63) is 47.7 Å². The summed E-state index contributed by atoms with van der Waals surface area (Å²) in [7, 11) is 0. The van der Waals surface area contributed by atoms with Gasteiger partial charge in [-0.3, -0.25) is 0 Å². The molecule has 0 saturated carbocycles. The molecule has 0 fully saturated rings. The summed E-state index contributed by atoms with van der Waals surface area (Å²) < 4.78 is 5.80. The Balaban J connectivity index is 0.00000200. The van der Waals surface area contributed by atoms with Crippen molar-refractivity contribution in [2.75, 3.05) is 0 Å². The maximum Gasteiger partial charge on any atom is 0.134 e. The molecule has 110 valence electrons. The summed E-state index contributed by atoms with van der Waals surface area (Å²) in [6, 6.07) is 12.2. The molecule has 0 spiro atoms. The third-order valence-corrected chi connectivity index (χ3v) is 3.02. The van der Waals surface area contributed by atoms with E-state index in [4.69, 9.17) is 4.42 Å². The maximum absolute atomic E-state index is 9.48. The third kappa shape index (κ3) is 4.37. The molecule has 1 atom stereocenters. The summed E-state index contributed by atoms with van der Waals surface area (Å²) >= 11 is 0. The van der Waals surface area contributed by atoms with E-state index >= 15 is 0 Å². The zero-order valence-corrected chi connectivity index (χ0v) is 12.9. The van der Waals surface area contributed by atoms with Gasteiger partial charge in [-0.05, 0) is 24.6 Å². The summed E-state index contributed by atoms with van der Waals surface area (Å²) in [5.74, 6) is 1.79. The van der Waals surface area contributed by atoms with Crippen LogP contribution >= 0.6 is 12.4 Å². The van der Waals surface area contributed by atoms with Crippen LogP contribution in [0.3, 0.4) is 0 Å². The molecular formula is C16H22ClNO2. The lowest BCUT2D eigenvalue weighted by Crippen LogP contribution is -2.21. The lowest BCUT2D eigenvalue weighted by molar-refractivity contribution is 0.199. The van der Waals surface area contributed by atoms with Gasteiger partial charge in [-0.2, -0.15) is 0 Å². The van der Waals surface area contributed by atoms with Crippen molar-refractivity contribution in [1.29, 1.82) is 0 Å². The highest BCUT2D eigenvalue weighted by atomic mass is 35.5. The van der Waals surface area contributed by atoms with Gasteiger partial charge in [-0.25, -0.2) is 0 Å². The molecular weight excluding hydrogens is 274 g/mol. The Kier molecular flexibility index (Phi) is 6.27. The quantitative estimate of drug-likeness (QED) is 0.879. The topological polar surface area (TPSA) is 45.4 Å². The van der Waals surface area contributed by atoms with Gasteiger partial charge in [0, 0.05) is 11.6 Å². The van der Waals surface area contributed by atoms with Crippen LogP contribution in [0.4, 0.5) is 0 Å². The monoisotopic (exact) mass is 295 g/mol. The first-order valence-corrected chi connectivity index (χ1v) is 6.67. The number of hydrogen-bond acceptors (Lipinski definition) is 3. The molecule has 2 aromatic rings. The molecule has 0 amide bonds. The van der Waals surface area contributed by atoms with Gasteiger partial charge in [-0.1, -0.05) is 38.1 Å². The second-order valence-corrected chi connectivity index (χ2v) is 5.10. The molecule has 0 bridgehead atoms. The number of halogens is 1. The third-order valence-electron chi connectivity index (χ3n) is 3.02. The lowest BCUT2D eigenvalue weighted by Gasteiger charge is -2.06. The van der Waals surface area contributed by atoms with Gasteiger partial charge < -0.3 is 14.8 Å². The second-order valence-electron chi connectivity index (χ2n) is 5.10. The first-order valence-electron chi connectivity index (χ1n) is 6.67. The van der Waals surface area contributed by atoms with Crippen LogP contribution in [0, 0.1) is 0 Å². The zero-order chi connectivity index (χ0) is 13.8. The Labute approximate surface area is 126 Å². The molecule has 1 heterocycles. The molecule has 4 heteroatoms. The van der Waals surface area contributed by atoms with E-state index in [0.717, 1.165) is 29.2 Å². The van der Waals surface area contributed by atoms with Crippen molar-refractivity contribution in [3.63, 3.8) is 0 Å². The van der Waals surface area contributed by atoms with Crippen molar-refractivity contribution in [1.82, 2.24) is 5.32 Å². The number of hydrogen-bond donors (Lipinski definition) is 2. The molecule has 2 rings (SSSR count). The van der Waals surface area contributed by atoms with Crippen LogP contribution in [0.5, 0.6) is 0 Å². The van der Waals surface area contributed by atoms with Crippen LogP contribution in [0.15, 0.2) is 40.8 Å². The Morgan fingerprint density at radius 1 is 1.05 bits per heavy atom. The number of nitrogens with one attached hydrogen (secondary N) is 1. The van der Waals surface area contributed by atoms with E-state index in [9.17, 15) is 5.11 Å². The number of furan rings is 1. The summed E-state index contributed by atoms with van der Waals surface area (Å²) in [5, 5.41) is 12.8. The smallest absolute Gasteiger partial charge is 0.134 e.